The molecule has 0 saturated carbocycles. The summed E-state index contributed by atoms with van der Waals surface area (Å²) in [5.74, 6) is 2.48. The molecular formula is C31H41N7O2. The average molecular weight is 544 g/mol. The zero-order valence-corrected chi connectivity index (χ0v) is 24.4. The number of benzene rings is 1. The van der Waals surface area contributed by atoms with Gasteiger partial charge in [0.1, 0.15) is 11.6 Å². The number of aromatic nitrogens is 4. The van der Waals surface area contributed by atoms with Gasteiger partial charge in [-0.3, -0.25) is 5.32 Å². The van der Waals surface area contributed by atoms with E-state index in [1.165, 1.54) is 5.57 Å². The molecule has 0 radical (unpaired) electrons. The molecule has 4 rings (SSSR count). The van der Waals surface area contributed by atoms with Crippen molar-refractivity contribution in [2.24, 2.45) is 5.92 Å². The van der Waals surface area contributed by atoms with Gasteiger partial charge in [0.2, 0.25) is 11.8 Å². The summed E-state index contributed by atoms with van der Waals surface area (Å²) >= 11 is 0. The molecule has 0 saturated heterocycles. The van der Waals surface area contributed by atoms with Gasteiger partial charge >= 0.3 is 6.03 Å². The van der Waals surface area contributed by atoms with Crippen LogP contribution in [-0.2, 0) is 12.0 Å². The van der Waals surface area contributed by atoms with Crippen LogP contribution in [0.1, 0.15) is 71.7 Å². The molecule has 2 amide bonds. The van der Waals surface area contributed by atoms with E-state index in [1.807, 2.05) is 35.0 Å². The number of carbonyl (C=O) groups is 1. The van der Waals surface area contributed by atoms with E-state index in [0.29, 0.717) is 23.4 Å². The highest BCUT2D eigenvalue weighted by atomic mass is 16.5. The van der Waals surface area contributed by atoms with Crippen molar-refractivity contribution in [3.63, 3.8) is 0 Å². The van der Waals surface area contributed by atoms with Crippen molar-refractivity contribution >= 4 is 17.8 Å². The van der Waals surface area contributed by atoms with Gasteiger partial charge < -0.3 is 15.4 Å². The highest BCUT2D eigenvalue weighted by molar-refractivity contribution is 5.88. The molecule has 3 aromatic rings. The van der Waals surface area contributed by atoms with Crippen LogP contribution in [0.4, 0.5) is 16.6 Å². The average Bonchev–Trinajstić information content (AvgIpc) is 3.32. The van der Waals surface area contributed by atoms with E-state index in [9.17, 15) is 4.79 Å². The fourth-order valence-electron chi connectivity index (χ4n) is 4.44. The number of anilines is 2. The van der Waals surface area contributed by atoms with Gasteiger partial charge in [0.25, 0.3) is 0 Å². The van der Waals surface area contributed by atoms with Crippen molar-refractivity contribution in [2.75, 3.05) is 17.2 Å². The summed E-state index contributed by atoms with van der Waals surface area (Å²) in [5.41, 5.74) is 2.81. The number of carbonyl (C=O) groups excluding carboxylic acids is 1. The molecule has 2 aromatic heterocycles. The number of hydrogen-bond donors (Lipinski definition) is 3. The summed E-state index contributed by atoms with van der Waals surface area (Å²) in [7, 11) is 0. The molecule has 0 spiro atoms. The third-order valence-corrected chi connectivity index (χ3v) is 6.72. The second-order valence-corrected chi connectivity index (χ2v) is 11.2. The predicted molar refractivity (Wildman–Crippen MR) is 160 cm³/mol. The van der Waals surface area contributed by atoms with E-state index in [-0.39, 0.29) is 30.0 Å². The topological polar surface area (TPSA) is 106 Å². The number of nitrogens with zero attached hydrogens (tertiary/aromatic N) is 4. The summed E-state index contributed by atoms with van der Waals surface area (Å²) in [5, 5.41) is 14.1. The Kier molecular flexibility index (Phi) is 9.24. The van der Waals surface area contributed by atoms with Gasteiger partial charge in [0, 0.05) is 48.3 Å². The van der Waals surface area contributed by atoms with E-state index in [0.717, 1.165) is 30.6 Å². The molecule has 212 valence electrons. The molecule has 1 aliphatic carbocycles. The van der Waals surface area contributed by atoms with Crippen LogP contribution in [0.25, 0.3) is 0 Å². The Morgan fingerprint density at radius 2 is 1.98 bits per heavy atom. The lowest BCUT2D eigenvalue weighted by molar-refractivity contribution is 0.251. The van der Waals surface area contributed by atoms with Crippen LogP contribution in [-0.4, -0.2) is 32.3 Å². The molecule has 0 aliphatic heterocycles. The highest BCUT2D eigenvalue weighted by Crippen LogP contribution is 2.32. The van der Waals surface area contributed by atoms with Gasteiger partial charge in [-0.1, -0.05) is 83.0 Å². The smallest absolute Gasteiger partial charge is 0.320 e. The van der Waals surface area contributed by atoms with E-state index in [4.69, 9.17) is 9.84 Å². The Hall–Kier alpha value is -4.14. The maximum Gasteiger partial charge on any atom is 0.320 e. The minimum atomic E-state index is -0.319. The molecular weight excluding hydrogens is 502 g/mol. The Morgan fingerprint density at radius 1 is 1.18 bits per heavy atom. The lowest BCUT2D eigenvalue weighted by Gasteiger charge is -2.25. The van der Waals surface area contributed by atoms with Gasteiger partial charge in [-0.25, -0.2) is 14.5 Å². The Labute approximate surface area is 237 Å². The van der Waals surface area contributed by atoms with Crippen molar-refractivity contribution in [2.45, 2.75) is 72.4 Å². The minimum Gasteiger partial charge on any atom is -0.439 e. The van der Waals surface area contributed by atoms with Gasteiger partial charge in [-0.15, -0.1) is 0 Å². The third kappa shape index (κ3) is 7.49. The minimum absolute atomic E-state index is 0.0124. The number of amides is 2. The van der Waals surface area contributed by atoms with Crippen LogP contribution in [0, 0.1) is 5.92 Å². The van der Waals surface area contributed by atoms with Crippen LogP contribution in [0.5, 0.6) is 11.6 Å². The summed E-state index contributed by atoms with van der Waals surface area (Å²) in [6, 6.07) is 11.0. The maximum atomic E-state index is 13.1. The predicted octanol–water partition coefficient (Wildman–Crippen LogP) is 6.99. The summed E-state index contributed by atoms with van der Waals surface area (Å²) in [6.45, 7) is 13.8. The molecule has 0 fully saturated rings. The Balaban J connectivity index is 1.45. The van der Waals surface area contributed by atoms with Crippen LogP contribution >= 0.6 is 0 Å². The number of hydrogen-bond acceptors (Lipinski definition) is 6. The number of allylic oxidation sites excluding steroid dienone is 4. The molecule has 9 nitrogen and oxygen atoms in total. The normalized spacial score (nSPS) is 16.8. The van der Waals surface area contributed by atoms with Crippen LogP contribution < -0.4 is 20.7 Å². The lowest BCUT2D eigenvalue weighted by atomic mass is 9.92. The molecule has 2 unspecified atom stereocenters. The van der Waals surface area contributed by atoms with Gasteiger partial charge in [0.05, 0.1) is 11.7 Å². The van der Waals surface area contributed by atoms with Crippen LogP contribution in [0.2, 0.25) is 0 Å². The van der Waals surface area contributed by atoms with Crippen LogP contribution in [0.3, 0.4) is 0 Å². The fourth-order valence-corrected chi connectivity index (χ4v) is 4.44. The highest BCUT2D eigenvalue weighted by Gasteiger charge is 2.26. The second kappa shape index (κ2) is 12.8. The number of nitrogens with one attached hydrogen (secondary N) is 3. The Bertz CT molecular complexity index is 1370. The van der Waals surface area contributed by atoms with Gasteiger partial charge in [-0.2, -0.15) is 10.1 Å². The number of unbranched alkanes of at least 4 members (excludes halogenated alkanes) is 1. The zero-order chi connectivity index (χ0) is 28.7. The number of ether oxygens (including phenoxy) is 1. The molecule has 1 aliphatic rings. The molecule has 2 heterocycles. The first-order chi connectivity index (χ1) is 19.1. The number of rotatable bonds is 10. The van der Waals surface area contributed by atoms with E-state index in [1.54, 1.807) is 12.3 Å². The molecule has 0 bridgehead atoms. The van der Waals surface area contributed by atoms with E-state index < -0.39 is 0 Å². The second-order valence-electron chi connectivity index (χ2n) is 11.2. The van der Waals surface area contributed by atoms with Crippen molar-refractivity contribution < 1.29 is 9.53 Å². The van der Waals surface area contributed by atoms with Crippen molar-refractivity contribution in [3.8, 4) is 11.6 Å². The standard InChI is InChI=1S/C31H41N7O2/c1-7-8-16-32-29-33-17-15-28(36-29)40-25-12-10-9-11-23(25)20-34-30(39)35-27-19-26(31(4,5)6)37-38(27)24-14-13-21(2)18-22(24)3/h9-15,17-19,22,24H,7-8,16,20H2,1-6H3,(H,32,33,36)(H2,34,35,39). The molecule has 3 N–H and O–H groups in total. The largest absolute Gasteiger partial charge is 0.439 e. The first-order valence-electron chi connectivity index (χ1n) is 14.0. The summed E-state index contributed by atoms with van der Waals surface area (Å²) < 4.78 is 8.00. The number of para-hydroxylation sites is 1. The third-order valence-electron chi connectivity index (χ3n) is 6.72. The molecule has 40 heavy (non-hydrogen) atoms. The first kappa shape index (κ1) is 28.9. The summed E-state index contributed by atoms with van der Waals surface area (Å²) in [4.78, 5) is 21.8. The monoisotopic (exact) mass is 543 g/mol. The fraction of sp³-hybridized carbons (Fsp3) is 0.419. The molecule has 1 aromatic carbocycles. The molecule has 2 atom stereocenters. The SMILES string of the molecule is CCCCNc1nccc(Oc2ccccc2CNC(=O)Nc2cc(C(C)(C)C)nn2C2C=CC(C)=CC2C)n1. The van der Waals surface area contributed by atoms with Gasteiger partial charge in [-0.05, 0) is 19.4 Å². The van der Waals surface area contributed by atoms with E-state index in [2.05, 4.69) is 85.7 Å². The lowest BCUT2D eigenvalue weighted by Crippen LogP contribution is -2.30. The Morgan fingerprint density at radius 3 is 2.73 bits per heavy atom. The van der Waals surface area contributed by atoms with Gasteiger partial charge in [0.15, 0.2) is 0 Å². The molecule has 9 heteroatoms. The van der Waals surface area contributed by atoms with Crippen molar-refractivity contribution in [1.29, 1.82) is 0 Å². The van der Waals surface area contributed by atoms with Crippen LogP contribution in [0.15, 0.2) is 66.4 Å². The first-order valence-corrected chi connectivity index (χ1v) is 14.0. The number of urea groups is 1. The van der Waals surface area contributed by atoms with E-state index >= 15 is 0 Å². The quantitative estimate of drug-likeness (QED) is 0.238. The van der Waals surface area contributed by atoms with Crippen molar-refractivity contribution in [3.05, 3.63) is 77.7 Å². The maximum absolute atomic E-state index is 13.1. The summed E-state index contributed by atoms with van der Waals surface area (Å²) in [6.07, 6.45) is 10.3. The zero-order valence-electron chi connectivity index (χ0n) is 24.4. The van der Waals surface area contributed by atoms with Crippen molar-refractivity contribution in [1.82, 2.24) is 25.1 Å².